The van der Waals surface area contributed by atoms with Crippen LogP contribution in [0.5, 0.6) is 0 Å². The van der Waals surface area contributed by atoms with Crippen molar-refractivity contribution in [2.24, 2.45) is 0 Å². The third-order valence-corrected chi connectivity index (χ3v) is 7.84. The van der Waals surface area contributed by atoms with Crippen molar-refractivity contribution in [3.63, 3.8) is 0 Å². The second-order valence-electron chi connectivity index (χ2n) is 8.51. The molecule has 0 bridgehead atoms. The Kier molecular flexibility index (Phi) is 8.19. The number of carbonyl (C=O) groups excluding carboxylic acids is 2. The Morgan fingerprint density at radius 1 is 1.11 bits per heavy atom. The fourth-order valence-corrected chi connectivity index (χ4v) is 5.71. The average Bonchev–Trinajstić information content (AvgIpc) is 2.83. The van der Waals surface area contributed by atoms with Crippen molar-refractivity contribution < 1.29 is 41.1 Å². The largest absolute Gasteiger partial charge is 0.480 e. The molecule has 2 atom stereocenters. The number of carbonyl (C=O) groups is 3. The number of hydrogen-bond acceptors (Lipinski definition) is 5. The number of benzene rings is 2. The van der Waals surface area contributed by atoms with Gasteiger partial charge in [0.2, 0.25) is 15.9 Å². The summed E-state index contributed by atoms with van der Waals surface area (Å²) < 4.78 is 66.6. The third kappa shape index (κ3) is 6.30. The highest BCUT2D eigenvalue weighted by Crippen LogP contribution is 2.32. The lowest BCUT2D eigenvalue weighted by Crippen LogP contribution is -2.55. The van der Waals surface area contributed by atoms with Crippen LogP contribution in [0.2, 0.25) is 0 Å². The Labute approximate surface area is 206 Å². The van der Waals surface area contributed by atoms with Gasteiger partial charge in [-0.05, 0) is 43.5 Å². The number of sulfonamides is 1. The molecule has 0 spiro atoms. The van der Waals surface area contributed by atoms with Gasteiger partial charge in [0.1, 0.15) is 12.1 Å². The summed E-state index contributed by atoms with van der Waals surface area (Å²) in [7, 11) is -4.47. The molecule has 2 aromatic rings. The minimum absolute atomic E-state index is 0.0870. The van der Waals surface area contributed by atoms with E-state index in [4.69, 9.17) is 0 Å². The minimum atomic E-state index is -4.75. The maximum atomic E-state index is 13.2. The Balaban J connectivity index is 1.82. The molecule has 1 saturated heterocycles. The summed E-state index contributed by atoms with van der Waals surface area (Å²) in [6.07, 6.45) is -3.90. The van der Waals surface area contributed by atoms with Crippen molar-refractivity contribution in [2.75, 3.05) is 6.54 Å². The molecule has 12 heteroatoms. The lowest BCUT2D eigenvalue weighted by atomic mass is 10.0. The maximum absolute atomic E-state index is 13.2. The van der Waals surface area contributed by atoms with Crippen LogP contribution in [0.3, 0.4) is 0 Å². The van der Waals surface area contributed by atoms with E-state index in [9.17, 15) is 41.1 Å². The summed E-state index contributed by atoms with van der Waals surface area (Å²) >= 11 is 0. The first kappa shape index (κ1) is 27.3. The Bertz CT molecular complexity index is 1250. The number of hydrogen-bond donors (Lipinski definition) is 2. The van der Waals surface area contributed by atoms with Crippen LogP contribution in [0.1, 0.15) is 47.7 Å². The monoisotopic (exact) mass is 526 g/mol. The molecule has 1 aliphatic heterocycles. The number of Topliss-reactive ketones (excluding diaryl/α,β-unsaturated/α-hetero) is 1. The second kappa shape index (κ2) is 10.8. The van der Waals surface area contributed by atoms with Crippen molar-refractivity contribution in [1.82, 2.24) is 9.62 Å². The molecule has 1 heterocycles. The molecule has 0 aliphatic carbocycles. The molecule has 1 fully saturated rings. The number of nitrogens with one attached hydrogen (secondary N) is 1. The molecule has 0 saturated carbocycles. The highest BCUT2D eigenvalue weighted by Gasteiger charge is 2.40. The first-order valence-electron chi connectivity index (χ1n) is 11.1. The predicted molar refractivity (Wildman–Crippen MR) is 123 cm³/mol. The van der Waals surface area contributed by atoms with E-state index in [0.717, 1.165) is 22.5 Å². The summed E-state index contributed by atoms with van der Waals surface area (Å²) in [5.41, 5.74) is -0.166. The van der Waals surface area contributed by atoms with Crippen LogP contribution in [0.15, 0.2) is 53.4 Å². The summed E-state index contributed by atoms with van der Waals surface area (Å²) in [6, 6.07) is 6.79. The number of rotatable bonds is 8. The Hall–Kier alpha value is -3.25. The topological polar surface area (TPSA) is 121 Å². The zero-order chi connectivity index (χ0) is 26.7. The average molecular weight is 527 g/mol. The van der Waals surface area contributed by atoms with Crippen LogP contribution < -0.4 is 5.32 Å². The lowest BCUT2D eigenvalue weighted by Gasteiger charge is -2.34. The fraction of sp³-hybridized carbons (Fsp3) is 0.375. The van der Waals surface area contributed by atoms with Crippen molar-refractivity contribution in [1.29, 1.82) is 0 Å². The van der Waals surface area contributed by atoms with Gasteiger partial charge in [-0.15, -0.1) is 0 Å². The Morgan fingerprint density at radius 2 is 1.78 bits per heavy atom. The molecule has 0 unspecified atom stereocenters. The van der Waals surface area contributed by atoms with Gasteiger partial charge in [-0.2, -0.15) is 17.5 Å². The van der Waals surface area contributed by atoms with E-state index in [1.54, 1.807) is 12.1 Å². The lowest BCUT2D eigenvalue weighted by molar-refractivity contribution is -0.142. The van der Waals surface area contributed by atoms with Crippen molar-refractivity contribution in [2.45, 2.75) is 55.8 Å². The normalized spacial score (nSPS) is 17.8. The van der Waals surface area contributed by atoms with Gasteiger partial charge in [0, 0.05) is 18.5 Å². The van der Waals surface area contributed by atoms with Gasteiger partial charge in [-0.3, -0.25) is 9.59 Å². The molecule has 1 amide bonds. The number of nitrogens with zero attached hydrogens (tertiary/aromatic N) is 1. The van der Waals surface area contributed by atoms with E-state index < -0.39 is 50.6 Å². The van der Waals surface area contributed by atoms with E-state index in [0.29, 0.717) is 30.0 Å². The molecule has 194 valence electrons. The van der Waals surface area contributed by atoms with Gasteiger partial charge in [0.15, 0.2) is 5.78 Å². The first-order valence-corrected chi connectivity index (χ1v) is 12.6. The summed E-state index contributed by atoms with van der Waals surface area (Å²) in [4.78, 5) is 35.7. The zero-order valence-corrected chi connectivity index (χ0v) is 20.1. The minimum Gasteiger partial charge on any atom is -0.480 e. The summed E-state index contributed by atoms with van der Waals surface area (Å²) in [6.45, 7) is 1.29. The van der Waals surface area contributed by atoms with E-state index in [2.05, 4.69) is 5.32 Å². The smallest absolute Gasteiger partial charge is 0.416 e. The number of ketones is 1. The summed E-state index contributed by atoms with van der Waals surface area (Å²) in [5.74, 6) is -2.36. The highest BCUT2D eigenvalue weighted by atomic mass is 32.2. The fourth-order valence-electron chi connectivity index (χ4n) is 4.00. The van der Waals surface area contributed by atoms with Crippen molar-refractivity contribution in [3.05, 3.63) is 65.2 Å². The molecule has 3 rings (SSSR count). The van der Waals surface area contributed by atoms with Gasteiger partial charge in [-0.25, -0.2) is 13.2 Å². The van der Waals surface area contributed by atoms with Gasteiger partial charge >= 0.3 is 12.1 Å². The maximum Gasteiger partial charge on any atom is 0.416 e. The molecule has 0 radical (unpaired) electrons. The standard InChI is InChI=1S/C24H25F3N2O6S/c1-15(30)17-10-8-16(9-11-17)13-20(23(32)33)28-22(31)21-7-2-3-12-29(21)36(34,35)19-6-4-5-18(14-19)24(25,26)27/h4-6,8-11,14,20-21H,2-3,7,12-13H2,1H3,(H,28,31)(H,32,33)/t20-,21-/m0/s1. The molecule has 8 nitrogen and oxygen atoms in total. The van der Waals surface area contributed by atoms with E-state index in [1.807, 2.05) is 0 Å². The number of carboxylic acids is 1. The summed E-state index contributed by atoms with van der Waals surface area (Å²) in [5, 5.41) is 12.0. The number of carboxylic acid groups (broad SMARTS) is 1. The van der Waals surface area contributed by atoms with Crippen LogP contribution >= 0.6 is 0 Å². The zero-order valence-electron chi connectivity index (χ0n) is 19.3. The molecule has 1 aliphatic rings. The van der Waals surface area contributed by atoms with Crippen LogP contribution in [0.25, 0.3) is 0 Å². The van der Waals surface area contributed by atoms with E-state index in [1.165, 1.54) is 19.1 Å². The molecular weight excluding hydrogens is 501 g/mol. The SMILES string of the molecule is CC(=O)c1ccc(C[C@H](NC(=O)[C@@H]2CCCCN2S(=O)(=O)c2cccc(C(F)(F)F)c2)C(=O)O)cc1. The Morgan fingerprint density at radius 3 is 2.36 bits per heavy atom. The van der Waals surface area contributed by atoms with Gasteiger partial charge in [0.05, 0.1) is 10.5 Å². The van der Waals surface area contributed by atoms with Crippen LogP contribution in [0.4, 0.5) is 13.2 Å². The number of halogens is 3. The molecule has 0 aromatic heterocycles. The number of amides is 1. The molecule has 2 N–H and O–H groups in total. The van der Waals surface area contributed by atoms with E-state index in [-0.39, 0.29) is 25.2 Å². The van der Waals surface area contributed by atoms with Gasteiger partial charge < -0.3 is 10.4 Å². The van der Waals surface area contributed by atoms with Crippen molar-refractivity contribution in [3.8, 4) is 0 Å². The molecular formula is C24H25F3N2O6S. The predicted octanol–water partition coefficient (Wildman–Crippen LogP) is 3.26. The van der Waals surface area contributed by atoms with Crippen LogP contribution in [0, 0.1) is 0 Å². The molecule has 2 aromatic carbocycles. The van der Waals surface area contributed by atoms with Gasteiger partial charge in [0.25, 0.3) is 0 Å². The van der Waals surface area contributed by atoms with E-state index >= 15 is 0 Å². The quantitative estimate of drug-likeness (QED) is 0.510. The first-order chi connectivity index (χ1) is 16.8. The number of aliphatic carboxylic acids is 1. The third-order valence-electron chi connectivity index (χ3n) is 5.94. The molecule has 36 heavy (non-hydrogen) atoms. The number of piperidine rings is 1. The highest BCUT2D eigenvalue weighted by molar-refractivity contribution is 7.89. The second-order valence-corrected chi connectivity index (χ2v) is 10.4. The number of alkyl halides is 3. The van der Waals surface area contributed by atoms with Crippen LogP contribution in [-0.4, -0.2) is 54.1 Å². The van der Waals surface area contributed by atoms with Crippen LogP contribution in [-0.2, 0) is 32.2 Å². The van der Waals surface area contributed by atoms with Crippen molar-refractivity contribution >= 4 is 27.7 Å². The van der Waals surface area contributed by atoms with Gasteiger partial charge in [-0.1, -0.05) is 36.8 Å².